The number of carbonyl (C=O) groups excluding carboxylic acids is 1. The van der Waals surface area contributed by atoms with Gasteiger partial charge >= 0.3 is 6.03 Å². The second-order valence-corrected chi connectivity index (χ2v) is 12.2. The molecule has 3 aromatic rings. The number of carbonyl (C=O) groups is 1. The van der Waals surface area contributed by atoms with E-state index in [1.807, 2.05) is 24.3 Å². The van der Waals surface area contributed by atoms with E-state index < -0.39 is 0 Å². The molecule has 200 valence electrons. The van der Waals surface area contributed by atoms with Crippen LogP contribution >= 0.6 is 11.9 Å². The summed E-state index contributed by atoms with van der Waals surface area (Å²) in [6.45, 7) is 10.7. The number of anilines is 2. The van der Waals surface area contributed by atoms with Crippen molar-refractivity contribution in [2.45, 2.75) is 76.3 Å². The first-order valence-corrected chi connectivity index (χ1v) is 14.0. The van der Waals surface area contributed by atoms with Gasteiger partial charge in [0.15, 0.2) is 0 Å². The third kappa shape index (κ3) is 7.20. The zero-order valence-electron chi connectivity index (χ0n) is 23.0. The Morgan fingerprint density at radius 2 is 1.95 bits per heavy atom. The lowest BCUT2D eigenvalue weighted by atomic mass is 9.95. The Bertz CT molecular complexity index is 1200. The van der Waals surface area contributed by atoms with Gasteiger partial charge in [0, 0.05) is 55.0 Å². The molecular formula is C29H41N5O2S. The minimum absolute atomic E-state index is 0.0509. The smallest absolute Gasteiger partial charge is 0.319 e. The van der Waals surface area contributed by atoms with Crippen LogP contribution in [0.15, 0.2) is 47.4 Å². The number of benzene rings is 2. The van der Waals surface area contributed by atoms with Crippen LogP contribution in [0.3, 0.4) is 0 Å². The fourth-order valence-electron chi connectivity index (χ4n) is 4.43. The van der Waals surface area contributed by atoms with Crippen molar-refractivity contribution < 1.29 is 9.53 Å². The number of fused-ring (bicyclic) bond motifs is 1. The number of amides is 2. The van der Waals surface area contributed by atoms with Crippen LogP contribution in [0, 0.1) is 5.92 Å². The molecule has 0 radical (unpaired) electrons. The minimum atomic E-state index is -0.133. The maximum Gasteiger partial charge on any atom is 0.319 e. The third-order valence-corrected chi connectivity index (χ3v) is 7.75. The van der Waals surface area contributed by atoms with Crippen LogP contribution < -0.4 is 14.9 Å². The summed E-state index contributed by atoms with van der Waals surface area (Å²) in [4.78, 5) is 18.2. The predicted octanol–water partition coefficient (Wildman–Crippen LogP) is 6.82. The van der Waals surface area contributed by atoms with E-state index in [1.165, 1.54) is 5.52 Å². The van der Waals surface area contributed by atoms with Crippen LogP contribution in [0.5, 0.6) is 0 Å². The van der Waals surface area contributed by atoms with Crippen LogP contribution in [-0.4, -0.2) is 42.4 Å². The van der Waals surface area contributed by atoms with Crippen LogP contribution in [0.25, 0.3) is 11.0 Å². The van der Waals surface area contributed by atoms with E-state index in [9.17, 15) is 4.79 Å². The number of urea groups is 1. The quantitative estimate of drug-likeness (QED) is 0.270. The van der Waals surface area contributed by atoms with Crippen LogP contribution in [0.4, 0.5) is 16.2 Å². The molecule has 1 aliphatic rings. The highest BCUT2D eigenvalue weighted by Gasteiger charge is 2.25. The number of rotatable bonds is 11. The van der Waals surface area contributed by atoms with Crippen molar-refractivity contribution in [1.82, 2.24) is 14.9 Å². The molecule has 1 unspecified atom stereocenters. The second-order valence-electron chi connectivity index (χ2n) is 11.0. The highest BCUT2D eigenvalue weighted by atomic mass is 32.2. The molecule has 1 fully saturated rings. The first-order valence-electron chi connectivity index (χ1n) is 13.3. The molecule has 7 nitrogen and oxygen atoms in total. The van der Waals surface area contributed by atoms with E-state index in [0.29, 0.717) is 12.0 Å². The summed E-state index contributed by atoms with van der Waals surface area (Å²) in [6.07, 6.45) is 4.32. The minimum Gasteiger partial charge on any atom is -0.385 e. The fourth-order valence-corrected chi connectivity index (χ4v) is 5.22. The molecule has 0 saturated heterocycles. The average Bonchev–Trinajstić information content (AvgIpc) is 3.59. The van der Waals surface area contributed by atoms with Gasteiger partial charge in [0.2, 0.25) is 0 Å². The summed E-state index contributed by atoms with van der Waals surface area (Å²) in [5, 5.41) is 5.85. The van der Waals surface area contributed by atoms with E-state index in [-0.39, 0.29) is 11.4 Å². The number of methoxy groups -OCH3 is 1. The van der Waals surface area contributed by atoms with Crippen LogP contribution in [0.1, 0.15) is 59.2 Å². The number of nitrogens with zero attached hydrogens (tertiary/aromatic N) is 3. The van der Waals surface area contributed by atoms with Crippen molar-refractivity contribution in [1.29, 1.82) is 0 Å². The lowest BCUT2D eigenvalue weighted by Crippen LogP contribution is -2.30. The lowest BCUT2D eigenvalue weighted by Gasteiger charge is -2.23. The van der Waals surface area contributed by atoms with E-state index >= 15 is 0 Å². The molecule has 1 aliphatic carbocycles. The molecular weight excluding hydrogens is 482 g/mol. The highest BCUT2D eigenvalue weighted by Crippen LogP contribution is 2.33. The molecule has 8 heteroatoms. The van der Waals surface area contributed by atoms with Crippen molar-refractivity contribution in [3.63, 3.8) is 0 Å². The molecule has 1 aromatic heterocycles. The summed E-state index contributed by atoms with van der Waals surface area (Å²) in [5.41, 5.74) is 4.05. The summed E-state index contributed by atoms with van der Waals surface area (Å²) in [6, 6.07) is 14.7. The van der Waals surface area contributed by atoms with Gasteiger partial charge in [0.1, 0.15) is 5.82 Å². The lowest BCUT2D eigenvalue weighted by molar-refractivity contribution is 0.171. The Morgan fingerprint density at radius 1 is 1.22 bits per heavy atom. The Labute approximate surface area is 225 Å². The van der Waals surface area contributed by atoms with E-state index in [2.05, 4.69) is 72.4 Å². The van der Waals surface area contributed by atoms with Crippen molar-refractivity contribution in [2.24, 2.45) is 5.92 Å². The molecule has 2 amide bonds. The molecule has 0 bridgehead atoms. The fraction of sp³-hybridized carbons (Fsp3) is 0.517. The number of nitrogens with one attached hydrogen (secondary N) is 2. The van der Waals surface area contributed by atoms with Gasteiger partial charge < -0.3 is 24.2 Å². The molecule has 1 saturated carbocycles. The molecule has 37 heavy (non-hydrogen) atoms. The van der Waals surface area contributed by atoms with Gasteiger partial charge in [-0.2, -0.15) is 0 Å². The van der Waals surface area contributed by atoms with E-state index in [1.54, 1.807) is 19.1 Å². The number of imidazole rings is 1. The van der Waals surface area contributed by atoms with Gasteiger partial charge in [-0.25, -0.2) is 9.78 Å². The monoisotopic (exact) mass is 523 g/mol. The Kier molecular flexibility index (Phi) is 8.70. The first kappa shape index (κ1) is 27.3. The topological polar surface area (TPSA) is 71.4 Å². The second kappa shape index (κ2) is 11.8. The predicted molar refractivity (Wildman–Crippen MR) is 155 cm³/mol. The molecule has 2 N–H and O–H groups in total. The SMILES string of the molecule is CCC(CCOC)Cn1c(C(C)(C)C)nc2cc(N(C)Sc3ccc(NC(=O)NC4CC4)cc3)ccc21. The zero-order chi connectivity index (χ0) is 26.6. The Hall–Kier alpha value is -2.71. The van der Waals surface area contributed by atoms with Crippen molar-refractivity contribution >= 4 is 40.4 Å². The molecule has 0 aliphatic heterocycles. The standard InChI is InChI=1S/C29H41N5O2S/c1-7-20(16-17-36-6)19-34-26-15-12-23(18-25(26)32-27(34)29(2,3)4)33(5)37-24-13-10-22(11-14-24)31-28(35)30-21-8-9-21/h10-15,18,20-21H,7-9,16-17,19H2,1-6H3,(H2,30,31,35). The number of ether oxygens (including phenoxy) is 1. The van der Waals surface area contributed by atoms with Gasteiger partial charge in [0.05, 0.1) is 11.0 Å². The van der Waals surface area contributed by atoms with Crippen molar-refractivity contribution in [3.8, 4) is 0 Å². The normalized spacial score (nSPS) is 14.5. The summed E-state index contributed by atoms with van der Waals surface area (Å²) >= 11 is 1.65. The average molecular weight is 524 g/mol. The molecule has 1 heterocycles. The summed E-state index contributed by atoms with van der Waals surface area (Å²) in [7, 11) is 3.84. The van der Waals surface area contributed by atoms with E-state index in [4.69, 9.17) is 9.72 Å². The van der Waals surface area contributed by atoms with Gasteiger partial charge in [-0.05, 0) is 79.6 Å². The van der Waals surface area contributed by atoms with E-state index in [0.717, 1.165) is 66.4 Å². The first-order chi connectivity index (χ1) is 17.7. The number of aromatic nitrogens is 2. The van der Waals surface area contributed by atoms with Gasteiger partial charge in [-0.3, -0.25) is 0 Å². The zero-order valence-corrected chi connectivity index (χ0v) is 23.8. The van der Waals surface area contributed by atoms with Gasteiger partial charge in [-0.15, -0.1) is 0 Å². The highest BCUT2D eigenvalue weighted by molar-refractivity contribution is 8.00. The number of hydrogen-bond acceptors (Lipinski definition) is 5. The third-order valence-electron chi connectivity index (χ3n) is 6.78. The maximum absolute atomic E-state index is 12.0. The largest absolute Gasteiger partial charge is 0.385 e. The van der Waals surface area contributed by atoms with Gasteiger partial charge in [-0.1, -0.05) is 34.1 Å². The summed E-state index contributed by atoms with van der Waals surface area (Å²) in [5.74, 6) is 1.67. The van der Waals surface area contributed by atoms with Gasteiger partial charge in [0.25, 0.3) is 0 Å². The van der Waals surface area contributed by atoms with Crippen LogP contribution in [0.2, 0.25) is 0 Å². The molecule has 4 rings (SSSR count). The molecule has 1 atom stereocenters. The van der Waals surface area contributed by atoms with Crippen LogP contribution in [-0.2, 0) is 16.7 Å². The maximum atomic E-state index is 12.0. The Morgan fingerprint density at radius 3 is 2.57 bits per heavy atom. The Balaban J connectivity index is 1.49. The number of hydrogen-bond donors (Lipinski definition) is 2. The summed E-state index contributed by atoms with van der Waals surface area (Å²) < 4.78 is 9.93. The van der Waals surface area contributed by atoms with Crippen molar-refractivity contribution in [2.75, 3.05) is 30.4 Å². The molecule has 2 aromatic carbocycles. The molecule has 0 spiro atoms. The van der Waals surface area contributed by atoms with Crippen molar-refractivity contribution in [3.05, 3.63) is 48.3 Å².